The quantitative estimate of drug-likeness (QED) is 0.633. The van der Waals surface area contributed by atoms with Gasteiger partial charge in [-0.25, -0.2) is 0 Å². The topological polar surface area (TPSA) is 25.8 Å². The molecule has 0 bridgehead atoms. The van der Waals surface area contributed by atoms with Crippen molar-refractivity contribution in [3.63, 3.8) is 0 Å². The van der Waals surface area contributed by atoms with Crippen LogP contribution in [0.4, 0.5) is 0 Å². The highest BCUT2D eigenvalue weighted by molar-refractivity contribution is 5.86. The molecule has 0 radical (unpaired) electrons. The third-order valence-corrected chi connectivity index (χ3v) is 1.81. The fourth-order valence-electron chi connectivity index (χ4n) is 1.22. The van der Waals surface area contributed by atoms with Gasteiger partial charge in [0.05, 0.1) is 11.7 Å². The summed E-state index contributed by atoms with van der Waals surface area (Å²) in [5.74, 6) is 0. The molecule has 0 saturated carbocycles. The van der Waals surface area contributed by atoms with Crippen LogP contribution in [0.1, 0.15) is 5.56 Å². The van der Waals surface area contributed by atoms with Crippen LogP contribution in [0, 0.1) is 0 Å². The van der Waals surface area contributed by atoms with Gasteiger partial charge in [-0.2, -0.15) is 10.2 Å². The van der Waals surface area contributed by atoms with E-state index in [0.717, 1.165) is 16.5 Å². The van der Waals surface area contributed by atoms with E-state index in [4.69, 9.17) is 0 Å². The van der Waals surface area contributed by atoms with Crippen LogP contribution in [0.25, 0.3) is 17.0 Å². The van der Waals surface area contributed by atoms with Gasteiger partial charge in [-0.3, -0.25) is 0 Å². The van der Waals surface area contributed by atoms with E-state index in [1.807, 2.05) is 30.3 Å². The zero-order chi connectivity index (χ0) is 8.39. The maximum absolute atomic E-state index is 3.99. The second kappa shape index (κ2) is 2.74. The minimum atomic E-state index is 0.912. The Labute approximate surface area is 70.6 Å². The van der Waals surface area contributed by atoms with Gasteiger partial charge in [-0.1, -0.05) is 24.8 Å². The van der Waals surface area contributed by atoms with Crippen LogP contribution in [0.15, 0.2) is 37.0 Å². The standard InChI is InChI=1S/C10H8N2/c1-2-8-4-3-5-10-9(8)6-7-11-12-10/h2-7H,1H2. The maximum Gasteiger partial charge on any atom is 0.0935 e. The number of hydrogen-bond donors (Lipinski definition) is 0. The Hall–Kier alpha value is -1.70. The molecule has 2 aromatic rings. The number of fused-ring (bicyclic) bond motifs is 1. The van der Waals surface area contributed by atoms with Gasteiger partial charge < -0.3 is 0 Å². The molecule has 0 fully saturated rings. The van der Waals surface area contributed by atoms with Crippen molar-refractivity contribution in [3.05, 3.63) is 42.6 Å². The van der Waals surface area contributed by atoms with Gasteiger partial charge in [0.15, 0.2) is 0 Å². The number of benzene rings is 1. The molecule has 0 aliphatic heterocycles. The van der Waals surface area contributed by atoms with Crippen LogP contribution in [0.3, 0.4) is 0 Å². The molecule has 2 rings (SSSR count). The number of aromatic nitrogens is 2. The van der Waals surface area contributed by atoms with Crippen molar-refractivity contribution in [3.8, 4) is 0 Å². The van der Waals surface area contributed by atoms with E-state index >= 15 is 0 Å². The van der Waals surface area contributed by atoms with E-state index in [1.54, 1.807) is 6.20 Å². The molecule has 0 aliphatic carbocycles. The van der Waals surface area contributed by atoms with Gasteiger partial charge in [0.25, 0.3) is 0 Å². The lowest BCUT2D eigenvalue weighted by Gasteiger charge is -1.98. The molecule has 12 heavy (non-hydrogen) atoms. The second-order valence-corrected chi connectivity index (χ2v) is 2.52. The van der Waals surface area contributed by atoms with E-state index in [0.29, 0.717) is 0 Å². The third kappa shape index (κ3) is 0.975. The van der Waals surface area contributed by atoms with Crippen molar-refractivity contribution in [2.24, 2.45) is 0 Å². The van der Waals surface area contributed by atoms with Gasteiger partial charge in [0.2, 0.25) is 0 Å². The minimum absolute atomic E-state index is 0.912. The third-order valence-electron chi connectivity index (χ3n) is 1.81. The zero-order valence-electron chi connectivity index (χ0n) is 6.57. The SMILES string of the molecule is C=Cc1cccc2nnccc12. The van der Waals surface area contributed by atoms with Crippen LogP contribution in [0.2, 0.25) is 0 Å². The number of hydrogen-bond acceptors (Lipinski definition) is 2. The molecule has 1 aromatic carbocycles. The van der Waals surface area contributed by atoms with E-state index in [2.05, 4.69) is 16.8 Å². The highest BCUT2D eigenvalue weighted by Gasteiger charge is 1.96. The minimum Gasteiger partial charge on any atom is -0.159 e. The second-order valence-electron chi connectivity index (χ2n) is 2.52. The van der Waals surface area contributed by atoms with Crippen LogP contribution in [-0.4, -0.2) is 10.2 Å². The monoisotopic (exact) mass is 156 g/mol. The Bertz CT molecular complexity index is 416. The molecule has 0 saturated heterocycles. The number of nitrogens with zero attached hydrogens (tertiary/aromatic N) is 2. The zero-order valence-corrected chi connectivity index (χ0v) is 6.57. The fourth-order valence-corrected chi connectivity index (χ4v) is 1.22. The maximum atomic E-state index is 3.99. The average Bonchev–Trinajstić information content (AvgIpc) is 2.17. The van der Waals surface area contributed by atoms with Gasteiger partial charge in [-0.15, -0.1) is 0 Å². The molecule has 2 nitrogen and oxygen atoms in total. The van der Waals surface area contributed by atoms with Gasteiger partial charge in [0, 0.05) is 5.39 Å². The molecule has 2 heteroatoms. The predicted molar refractivity (Wildman–Crippen MR) is 49.6 cm³/mol. The van der Waals surface area contributed by atoms with Gasteiger partial charge in [-0.05, 0) is 17.7 Å². The van der Waals surface area contributed by atoms with Crippen molar-refractivity contribution in [2.75, 3.05) is 0 Å². The van der Waals surface area contributed by atoms with E-state index < -0.39 is 0 Å². The van der Waals surface area contributed by atoms with Crippen LogP contribution in [0.5, 0.6) is 0 Å². The summed E-state index contributed by atoms with van der Waals surface area (Å²) in [6, 6.07) is 7.85. The predicted octanol–water partition coefficient (Wildman–Crippen LogP) is 2.27. The van der Waals surface area contributed by atoms with Crippen molar-refractivity contribution in [1.82, 2.24) is 10.2 Å². The molecule has 0 N–H and O–H groups in total. The van der Waals surface area contributed by atoms with E-state index in [-0.39, 0.29) is 0 Å². The Morgan fingerprint density at radius 2 is 2.17 bits per heavy atom. The van der Waals surface area contributed by atoms with Crippen molar-refractivity contribution in [1.29, 1.82) is 0 Å². The largest absolute Gasteiger partial charge is 0.159 e. The summed E-state index contributed by atoms with van der Waals surface area (Å²) in [5, 5.41) is 8.90. The summed E-state index contributed by atoms with van der Waals surface area (Å²) < 4.78 is 0. The fraction of sp³-hybridized carbons (Fsp3) is 0. The van der Waals surface area contributed by atoms with Crippen LogP contribution in [-0.2, 0) is 0 Å². The highest BCUT2D eigenvalue weighted by Crippen LogP contribution is 2.15. The normalized spacial score (nSPS) is 10.0. The highest BCUT2D eigenvalue weighted by atomic mass is 15.1. The molecule has 0 amide bonds. The smallest absolute Gasteiger partial charge is 0.0935 e. The molecule has 1 heterocycles. The first-order valence-electron chi connectivity index (χ1n) is 3.74. The van der Waals surface area contributed by atoms with Crippen molar-refractivity contribution in [2.45, 2.75) is 0 Å². The summed E-state index contributed by atoms with van der Waals surface area (Å²) in [4.78, 5) is 0. The molecule has 0 atom stereocenters. The van der Waals surface area contributed by atoms with Crippen LogP contribution < -0.4 is 0 Å². The van der Waals surface area contributed by atoms with E-state index in [1.165, 1.54) is 0 Å². The molecular formula is C10H8N2. The first-order chi connectivity index (χ1) is 5.92. The first kappa shape index (κ1) is 6.98. The lowest BCUT2D eigenvalue weighted by Crippen LogP contribution is -1.83. The molecule has 0 spiro atoms. The van der Waals surface area contributed by atoms with Crippen LogP contribution >= 0.6 is 0 Å². The summed E-state index contributed by atoms with van der Waals surface area (Å²) in [7, 11) is 0. The average molecular weight is 156 g/mol. The molecule has 0 aliphatic rings. The molecule has 0 unspecified atom stereocenters. The molecular weight excluding hydrogens is 148 g/mol. The summed E-state index contributed by atoms with van der Waals surface area (Å²) in [6.45, 7) is 3.73. The summed E-state index contributed by atoms with van der Waals surface area (Å²) in [5.41, 5.74) is 2.01. The lowest BCUT2D eigenvalue weighted by molar-refractivity contribution is 1.08. The lowest BCUT2D eigenvalue weighted by atomic mass is 10.1. The molecule has 1 aromatic heterocycles. The summed E-state index contributed by atoms with van der Waals surface area (Å²) in [6.07, 6.45) is 3.51. The van der Waals surface area contributed by atoms with Crippen molar-refractivity contribution >= 4 is 17.0 Å². The van der Waals surface area contributed by atoms with E-state index in [9.17, 15) is 0 Å². The summed E-state index contributed by atoms with van der Waals surface area (Å²) >= 11 is 0. The van der Waals surface area contributed by atoms with Gasteiger partial charge in [0.1, 0.15) is 0 Å². The van der Waals surface area contributed by atoms with Gasteiger partial charge >= 0.3 is 0 Å². The number of rotatable bonds is 1. The Morgan fingerprint density at radius 3 is 3.00 bits per heavy atom. The Morgan fingerprint density at radius 1 is 1.25 bits per heavy atom. The first-order valence-corrected chi connectivity index (χ1v) is 3.74. The Balaban J connectivity index is 2.88. The van der Waals surface area contributed by atoms with Crippen molar-refractivity contribution < 1.29 is 0 Å². The Kier molecular flexibility index (Phi) is 1.59. The molecule has 58 valence electrons.